The van der Waals surface area contributed by atoms with E-state index in [9.17, 15) is 9.18 Å². The van der Waals surface area contributed by atoms with Crippen molar-refractivity contribution in [1.82, 2.24) is 0 Å². The standard InChI is InChI=1S/C33H41FO4/c1-22(16-25(36-7)10-9-15-34)27-14-11-23(17-29(27)32(2,3)4)21-38-26-13-12-24-20-33(5,6)30(28(24)18-26)19-31(35)37-8/h9-14,16-18,30H,1,15,19-21H2,2-8H3/b10-9-,25-16+/t30-/m1/s1. The lowest BCUT2D eigenvalue weighted by atomic mass is 9.78. The van der Waals surface area contributed by atoms with E-state index < -0.39 is 6.67 Å². The van der Waals surface area contributed by atoms with Crippen LogP contribution < -0.4 is 4.74 Å². The van der Waals surface area contributed by atoms with Gasteiger partial charge in [-0.3, -0.25) is 4.79 Å². The fraction of sp³-hybridized carbons (Fsp3) is 0.424. The third-order valence-electron chi connectivity index (χ3n) is 7.25. The first-order valence-corrected chi connectivity index (χ1v) is 13.0. The molecule has 0 spiro atoms. The Balaban J connectivity index is 1.84. The van der Waals surface area contributed by atoms with E-state index in [0.717, 1.165) is 34.4 Å². The summed E-state index contributed by atoms with van der Waals surface area (Å²) in [6.07, 6.45) is 6.13. The van der Waals surface area contributed by atoms with Gasteiger partial charge in [0.15, 0.2) is 0 Å². The Hall–Kier alpha value is -3.34. The Labute approximate surface area is 227 Å². The first-order valence-electron chi connectivity index (χ1n) is 13.0. The number of carbonyl (C=O) groups is 1. The number of allylic oxidation sites excluding steroid dienone is 4. The van der Waals surface area contributed by atoms with E-state index in [4.69, 9.17) is 14.2 Å². The second kappa shape index (κ2) is 12.0. The molecule has 0 saturated carbocycles. The van der Waals surface area contributed by atoms with Crippen LogP contribution in [0.3, 0.4) is 0 Å². The zero-order valence-electron chi connectivity index (χ0n) is 23.8. The summed E-state index contributed by atoms with van der Waals surface area (Å²) in [5.74, 6) is 1.24. The van der Waals surface area contributed by atoms with Gasteiger partial charge in [-0.15, -0.1) is 0 Å². The van der Waals surface area contributed by atoms with E-state index in [0.29, 0.717) is 18.8 Å². The van der Waals surface area contributed by atoms with Crippen molar-refractivity contribution in [2.75, 3.05) is 20.9 Å². The number of alkyl halides is 1. The number of methoxy groups -OCH3 is 2. The topological polar surface area (TPSA) is 44.8 Å². The molecule has 0 fully saturated rings. The lowest BCUT2D eigenvalue weighted by Crippen LogP contribution is -2.21. The van der Waals surface area contributed by atoms with Crippen LogP contribution in [-0.4, -0.2) is 26.9 Å². The maximum absolute atomic E-state index is 12.6. The first-order chi connectivity index (χ1) is 17.9. The molecule has 0 heterocycles. The van der Waals surface area contributed by atoms with Gasteiger partial charge in [0.1, 0.15) is 24.8 Å². The number of hydrogen-bond donors (Lipinski definition) is 0. The van der Waals surface area contributed by atoms with E-state index in [2.05, 4.69) is 65.5 Å². The van der Waals surface area contributed by atoms with Crippen LogP contribution in [0.5, 0.6) is 5.75 Å². The maximum atomic E-state index is 12.6. The van der Waals surface area contributed by atoms with Crippen LogP contribution in [0, 0.1) is 5.41 Å². The number of esters is 1. The van der Waals surface area contributed by atoms with Gasteiger partial charge >= 0.3 is 5.97 Å². The predicted octanol–water partition coefficient (Wildman–Crippen LogP) is 7.86. The van der Waals surface area contributed by atoms with E-state index in [-0.39, 0.29) is 22.7 Å². The molecule has 0 saturated heterocycles. The van der Waals surface area contributed by atoms with Crippen LogP contribution in [0.2, 0.25) is 0 Å². The number of halogens is 1. The maximum Gasteiger partial charge on any atom is 0.306 e. The average Bonchev–Trinajstić information content (AvgIpc) is 3.12. The SMILES string of the molecule is C=C(/C=C(\C=C/CF)OC)c1ccc(COc2ccc3c(c2)[C@@H](CC(=O)OC)C(C)(C)C3)cc1C(C)(C)C. The Morgan fingerprint density at radius 1 is 1.13 bits per heavy atom. The normalized spacial score (nSPS) is 16.8. The molecule has 0 amide bonds. The Kier molecular flexibility index (Phi) is 9.24. The van der Waals surface area contributed by atoms with E-state index >= 15 is 0 Å². The molecular weight excluding hydrogens is 479 g/mol. The highest BCUT2D eigenvalue weighted by Gasteiger charge is 2.40. The zero-order chi connectivity index (χ0) is 28.1. The van der Waals surface area contributed by atoms with Crippen molar-refractivity contribution in [3.05, 3.63) is 94.8 Å². The second-order valence-corrected chi connectivity index (χ2v) is 11.6. The molecule has 3 rings (SSSR count). The van der Waals surface area contributed by atoms with Gasteiger partial charge in [-0.05, 0) is 74.9 Å². The molecule has 0 unspecified atom stereocenters. The molecule has 1 atom stereocenters. The molecule has 0 bridgehead atoms. The van der Waals surface area contributed by atoms with Crippen molar-refractivity contribution in [3.8, 4) is 5.75 Å². The third kappa shape index (κ3) is 6.94. The number of ether oxygens (including phenoxy) is 3. The lowest BCUT2D eigenvalue weighted by Gasteiger charge is -2.26. The van der Waals surface area contributed by atoms with Gasteiger partial charge in [0, 0.05) is 5.92 Å². The van der Waals surface area contributed by atoms with Gasteiger partial charge in [0.25, 0.3) is 0 Å². The minimum absolute atomic E-state index is 0.0201. The first kappa shape index (κ1) is 29.2. The number of rotatable bonds is 10. The summed E-state index contributed by atoms with van der Waals surface area (Å²) < 4.78 is 29.1. The fourth-order valence-electron chi connectivity index (χ4n) is 5.15. The summed E-state index contributed by atoms with van der Waals surface area (Å²) in [4.78, 5) is 12.1. The quantitative estimate of drug-likeness (QED) is 0.182. The Bertz CT molecular complexity index is 1230. The number of benzene rings is 2. The van der Waals surface area contributed by atoms with Crippen LogP contribution in [0.25, 0.3) is 5.57 Å². The van der Waals surface area contributed by atoms with Gasteiger partial charge in [0.05, 0.1) is 20.6 Å². The Morgan fingerprint density at radius 2 is 1.87 bits per heavy atom. The molecule has 0 aromatic heterocycles. The summed E-state index contributed by atoms with van der Waals surface area (Å²) in [6, 6.07) is 12.5. The zero-order valence-corrected chi connectivity index (χ0v) is 23.8. The number of carbonyl (C=O) groups excluding carboxylic acids is 1. The average molecular weight is 521 g/mol. The van der Waals surface area contributed by atoms with Gasteiger partial charge in [-0.1, -0.05) is 71.5 Å². The largest absolute Gasteiger partial charge is 0.497 e. The highest BCUT2D eigenvalue weighted by Crippen LogP contribution is 2.49. The van der Waals surface area contributed by atoms with Crippen LogP contribution in [0.4, 0.5) is 4.39 Å². The van der Waals surface area contributed by atoms with Crippen molar-refractivity contribution >= 4 is 11.5 Å². The molecule has 2 aromatic carbocycles. The fourth-order valence-corrected chi connectivity index (χ4v) is 5.15. The van der Waals surface area contributed by atoms with Crippen molar-refractivity contribution in [2.24, 2.45) is 5.41 Å². The molecular formula is C33H41FO4. The van der Waals surface area contributed by atoms with E-state index in [1.165, 1.54) is 24.3 Å². The summed E-state index contributed by atoms with van der Waals surface area (Å²) in [7, 11) is 3.00. The monoisotopic (exact) mass is 520 g/mol. The molecule has 0 aliphatic heterocycles. The highest BCUT2D eigenvalue weighted by molar-refractivity contribution is 5.76. The van der Waals surface area contributed by atoms with Crippen molar-refractivity contribution < 1.29 is 23.4 Å². The number of fused-ring (bicyclic) bond motifs is 1. The molecule has 2 aromatic rings. The molecule has 0 N–H and O–H groups in total. The van der Waals surface area contributed by atoms with Crippen LogP contribution in [0.15, 0.2) is 67.0 Å². The summed E-state index contributed by atoms with van der Waals surface area (Å²) in [6.45, 7) is 15.0. The molecule has 1 aliphatic carbocycles. The minimum atomic E-state index is -0.553. The summed E-state index contributed by atoms with van der Waals surface area (Å²) >= 11 is 0. The summed E-state index contributed by atoms with van der Waals surface area (Å²) in [5, 5.41) is 0. The van der Waals surface area contributed by atoms with Crippen LogP contribution in [0.1, 0.15) is 74.8 Å². The van der Waals surface area contributed by atoms with Gasteiger partial charge in [0.2, 0.25) is 0 Å². The van der Waals surface area contributed by atoms with E-state index in [1.807, 2.05) is 18.2 Å². The molecule has 38 heavy (non-hydrogen) atoms. The Morgan fingerprint density at radius 3 is 2.50 bits per heavy atom. The van der Waals surface area contributed by atoms with Crippen LogP contribution in [-0.2, 0) is 32.7 Å². The minimum Gasteiger partial charge on any atom is -0.497 e. The molecule has 4 nitrogen and oxygen atoms in total. The number of hydrogen-bond acceptors (Lipinski definition) is 4. The molecule has 0 radical (unpaired) electrons. The van der Waals surface area contributed by atoms with Crippen molar-refractivity contribution in [2.45, 2.75) is 65.4 Å². The smallest absolute Gasteiger partial charge is 0.306 e. The van der Waals surface area contributed by atoms with Gasteiger partial charge in [-0.2, -0.15) is 0 Å². The van der Waals surface area contributed by atoms with Crippen molar-refractivity contribution in [3.63, 3.8) is 0 Å². The summed E-state index contributed by atoms with van der Waals surface area (Å²) in [5.41, 5.74) is 6.26. The van der Waals surface area contributed by atoms with Gasteiger partial charge < -0.3 is 14.2 Å². The van der Waals surface area contributed by atoms with E-state index in [1.54, 1.807) is 13.2 Å². The molecule has 5 heteroatoms. The van der Waals surface area contributed by atoms with Gasteiger partial charge in [-0.25, -0.2) is 4.39 Å². The molecule has 204 valence electrons. The van der Waals surface area contributed by atoms with Crippen molar-refractivity contribution in [1.29, 1.82) is 0 Å². The highest BCUT2D eigenvalue weighted by atomic mass is 19.1. The second-order valence-electron chi connectivity index (χ2n) is 11.6. The predicted molar refractivity (Wildman–Crippen MR) is 152 cm³/mol. The molecule has 1 aliphatic rings. The lowest BCUT2D eigenvalue weighted by molar-refractivity contribution is -0.141. The third-order valence-corrected chi connectivity index (χ3v) is 7.25. The van der Waals surface area contributed by atoms with Crippen LogP contribution >= 0.6 is 0 Å².